The predicted octanol–water partition coefficient (Wildman–Crippen LogP) is 2.69. The van der Waals surface area contributed by atoms with Gasteiger partial charge in [0.15, 0.2) is 5.60 Å². The van der Waals surface area contributed by atoms with Crippen molar-refractivity contribution in [3.05, 3.63) is 54.1 Å². The first-order chi connectivity index (χ1) is 9.29. The molecule has 3 heteroatoms. The normalized spacial score (nSPS) is 21.8. The molecule has 0 radical (unpaired) electrons. The molecule has 1 N–H and O–H groups in total. The Bertz CT molecular complexity index is 513. The van der Waals surface area contributed by atoms with Gasteiger partial charge in [-0.3, -0.25) is 0 Å². The average molecular weight is 255 g/mol. The van der Waals surface area contributed by atoms with E-state index in [1.165, 1.54) is 0 Å². The third-order valence-electron chi connectivity index (χ3n) is 3.12. The van der Waals surface area contributed by atoms with E-state index < -0.39 is 5.60 Å². The fourth-order valence-corrected chi connectivity index (χ4v) is 2.01. The summed E-state index contributed by atoms with van der Waals surface area (Å²) in [6, 6.07) is 12.3. The Morgan fingerprint density at radius 2 is 2.11 bits per heavy atom. The van der Waals surface area contributed by atoms with Crippen LogP contribution in [0.2, 0.25) is 0 Å². The van der Waals surface area contributed by atoms with Crippen molar-refractivity contribution in [3.8, 4) is 6.07 Å². The third kappa shape index (κ3) is 3.31. The Kier molecular flexibility index (Phi) is 4.51. The summed E-state index contributed by atoms with van der Waals surface area (Å²) in [4.78, 5) is 0. The van der Waals surface area contributed by atoms with Gasteiger partial charge in [0.25, 0.3) is 0 Å². The molecule has 1 unspecified atom stereocenters. The standard InChI is InChI=1S/C16H17NO2/c17-13-16(19-12-4-11-18)9-7-15(8-10-16)14-5-2-1-3-6-14/h1-3,5-9,18H,4,10-12H2. The first kappa shape index (κ1) is 13.5. The molecular formula is C16H17NO2. The van der Waals surface area contributed by atoms with Crippen LogP contribution in [0.3, 0.4) is 0 Å². The molecule has 3 nitrogen and oxygen atoms in total. The van der Waals surface area contributed by atoms with Crippen molar-refractivity contribution in [2.24, 2.45) is 0 Å². The Balaban J connectivity index is 2.06. The van der Waals surface area contributed by atoms with E-state index in [9.17, 15) is 5.26 Å². The average Bonchev–Trinajstić information content (AvgIpc) is 2.49. The lowest BCUT2D eigenvalue weighted by atomic mass is 9.90. The van der Waals surface area contributed by atoms with E-state index in [2.05, 4.69) is 6.07 Å². The van der Waals surface area contributed by atoms with E-state index >= 15 is 0 Å². The van der Waals surface area contributed by atoms with E-state index in [1.54, 1.807) is 0 Å². The van der Waals surface area contributed by atoms with Crippen molar-refractivity contribution in [1.82, 2.24) is 0 Å². The summed E-state index contributed by atoms with van der Waals surface area (Å²) in [6.45, 7) is 0.471. The van der Waals surface area contributed by atoms with Crippen LogP contribution in [0.15, 0.2) is 48.6 Å². The second kappa shape index (κ2) is 6.33. The van der Waals surface area contributed by atoms with Gasteiger partial charge in [0.2, 0.25) is 0 Å². The Morgan fingerprint density at radius 1 is 1.32 bits per heavy atom. The van der Waals surface area contributed by atoms with Gasteiger partial charge < -0.3 is 9.84 Å². The number of allylic oxidation sites excluding steroid dienone is 2. The molecule has 0 heterocycles. The van der Waals surface area contributed by atoms with E-state index in [1.807, 2.05) is 48.6 Å². The number of hydrogen-bond donors (Lipinski definition) is 1. The number of nitriles is 1. The van der Waals surface area contributed by atoms with Crippen LogP contribution in [0.1, 0.15) is 18.4 Å². The highest BCUT2D eigenvalue weighted by molar-refractivity contribution is 5.75. The highest BCUT2D eigenvalue weighted by atomic mass is 16.5. The molecule has 1 aromatic rings. The highest BCUT2D eigenvalue weighted by Crippen LogP contribution is 2.29. The highest BCUT2D eigenvalue weighted by Gasteiger charge is 2.29. The minimum absolute atomic E-state index is 0.0797. The number of aliphatic hydroxyl groups is 1. The molecule has 0 saturated heterocycles. The van der Waals surface area contributed by atoms with Crippen LogP contribution in [0.5, 0.6) is 0 Å². The smallest absolute Gasteiger partial charge is 0.176 e. The third-order valence-corrected chi connectivity index (χ3v) is 3.12. The van der Waals surface area contributed by atoms with Crippen molar-refractivity contribution < 1.29 is 9.84 Å². The van der Waals surface area contributed by atoms with Crippen LogP contribution in [-0.4, -0.2) is 23.9 Å². The molecule has 0 bridgehead atoms. The lowest BCUT2D eigenvalue weighted by molar-refractivity contribution is 0.0268. The molecule has 0 spiro atoms. The lowest BCUT2D eigenvalue weighted by Crippen LogP contribution is -2.29. The van der Waals surface area contributed by atoms with Gasteiger partial charge in [0.1, 0.15) is 6.07 Å². The molecule has 19 heavy (non-hydrogen) atoms. The zero-order chi connectivity index (χ0) is 13.6. The molecule has 98 valence electrons. The second-order valence-electron chi connectivity index (χ2n) is 4.49. The van der Waals surface area contributed by atoms with Crippen LogP contribution in [-0.2, 0) is 4.74 Å². The topological polar surface area (TPSA) is 53.2 Å². The van der Waals surface area contributed by atoms with Crippen LogP contribution in [0.4, 0.5) is 0 Å². The summed E-state index contributed by atoms with van der Waals surface area (Å²) in [5.41, 5.74) is 1.37. The maximum absolute atomic E-state index is 9.28. The van der Waals surface area contributed by atoms with Gasteiger partial charge in [-0.15, -0.1) is 0 Å². The Labute approximate surface area is 113 Å². The van der Waals surface area contributed by atoms with Gasteiger partial charge in [0, 0.05) is 13.0 Å². The summed E-state index contributed by atoms with van der Waals surface area (Å²) in [6.07, 6.45) is 6.85. The van der Waals surface area contributed by atoms with Crippen LogP contribution in [0.25, 0.3) is 5.57 Å². The van der Waals surface area contributed by atoms with E-state index in [4.69, 9.17) is 9.84 Å². The lowest BCUT2D eigenvalue weighted by Gasteiger charge is -2.25. The molecular weight excluding hydrogens is 238 g/mol. The maximum atomic E-state index is 9.28. The quantitative estimate of drug-likeness (QED) is 0.823. The second-order valence-corrected chi connectivity index (χ2v) is 4.49. The van der Waals surface area contributed by atoms with Gasteiger partial charge in [-0.05, 0) is 23.6 Å². The van der Waals surface area contributed by atoms with Crippen LogP contribution < -0.4 is 0 Å². The largest absolute Gasteiger partial charge is 0.396 e. The number of benzene rings is 1. The molecule has 0 aliphatic heterocycles. The summed E-state index contributed by atoms with van der Waals surface area (Å²) in [5, 5.41) is 18.0. The van der Waals surface area contributed by atoms with Gasteiger partial charge >= 0.3 is 0 Å². The molecule has 1 aliphatic rings. The number of nitrogens with zero attached hydrogens (tertiary/aromatic N) is 1. The van der Waals surface area contributed by atoms with Crippen molar-refractivity contribution in [1.29, 1.82) is 5.26 Å². The first-order valence-corrected chi connectivity index (χ1v) is 6.40. The molecule has 0 aromatic heterocycles. The van der Waals surface area contributed by atoms with Gasteiger partial charge in [-0.25, -0.2) is 0 Å². The number of ether oxygens (including phenoxy) is 1. The van der Waals surface area contributed by atoms with Gasteiger partial charge in [-0.1, -0.05) is 42.5 Å². The fourth-order valence-electron chi connectivity index (χ4n) is 2.01. The molecule has 1 atom stereocenters. The van der Waals surface area contributed by atoms with Crippen molar-refractivity contribution >= 4 is 5.57 Å². The Hall–Kier alpha value is -1.89. The SMILES string of the molecule is N#CC1(OCCCO)C=CC(c2ccccc2)=CC1. The van der Waals surface area contributed by atoms with E-state index in [0.717, 1.165) is 11.1 Å². The minimum Gasteiger partial charge on any atom is -0.396 e. The number of aliphatic hydroxyl groups excluding tert-OH is 1. The molecule has 1 aliphatic carbocycles. The molecule has 0 amide bonds. The van der Waals surface area contributed by atoms with Gasteiger partial charge in [-0.2, -0.15) is 5.26 Å². The van der Waals surface area contributed by atoms with E-state index in [-0.39, 0.29) is 6.61 Å². The maximum Gasteiger partial charge on any atom is 0.176 e. The zero-order valence-corrected chi connectivity index (χ0v) is 10.7. The van der Waals surface area contributed by atoms with Crippen molar-refractivity contribution in [2.45, 2.75) is 18.4 Å². The van der Waals surface area contributed by atoms with Crippen LogP contribution >= 0.6 is 0 Å². The molecule has 2 rings (SSSR count). The predicted molar refractivity (Wildman–Crippen MR) is 74.2 cm³/mol. The zero-order valence-electron chi connectivity index (χ0n) is 10.7. The summed E-state index contributed by atoms with van der Waals surface area (Å²) < 4.78 is 5.59. The van der Waals surface area contributed by atoms with E-state index in [0.29, 0.717) is 19.4 Å². The summed E-state index contributed by atoms with van der Waals surface area (Å²) in [5.74, 6) is 0. The number of hydrogen-bond acceptors (Lipinski definition) is 3. The fraction of sp³-hybridized carbons (Fsp3) is 0.312. The molecule has 1 aromatic carbocycles. The first-order valence-electron chi connectivity index (χ1n) is 6.40. The minimum atomic E-state index is -0.881. The number of rotatable bonds is 5. The molecule has 0 saturated carbocycles. The Morgan fingerprint density at radius 3 is 2.68 bits per heavy atom. The monoisotopic (exact) mass is 255 g/mol. The van der Waals surface area contributed by atoms with Gasteiger partial charge in [0.05, 0.1) is 6.61 Å². The van der Waals surface area contributed by atoms with Crippen molar-refractivity contribution in [3.63, 3.8) is 0 Å². The molecule has 0 fully saturated rings. The van der Waals surface area contributed by atoms with Crippen LogP contribution in [0, 0.1) is 11.3 Å². The van der Waals surface area contributed by atoms with Crippen molar-refractivity contribution in [2.75, 3.05) is 13.2 Å². The summed E-state index contributed by atoms with van der Waals surface area (Å²) in [7, 11) is 0. The summed E-state index contributed by atoms with van der Waals surface area (Å²) >= 11 is 0.